The highest BCUT2D eigenvalue weighted by Crippen LogP contribution is 2.48. The minimum atomic E-state index is -3.91. The van der Waals surface area contributed by atoms with Crippen molar-refractivity contribution < 1.29 is 23.1 Å². The maximum Gasteiger partial charge on any atom is 0.335 e. The van der Waals surface area contributed by atoms with Crippen LogP contribution in [0.15, 0.2) is 70.0 Å². The number of allylic oxidation sites excluding steroid dienone is 1. The zero-order chi connectivity index (χ0) is 20.8. The predicted octanol–water partition coefficient (Wildman–Crippen LogP) is 2.81. The van der Waals surface area contributed by atoms with Gasteiger partial charge in [-0.2, -0.15) is 0 Å². The molecule has 0 aliphatic carbocycles. The second kappa shape index (κ2) is 7.09. The fraction of sp³-hybridized carbons (Fsp3) is 0.100. The quantitative estimate of drug-likeness (QED) is 0.773. The lowest BCUT2D eigenvalue weighted by Gasteiger charge is -2.34. The van der Waals surface area contributed by atoms with Crippen molar-refractivity contribution in [3.63, 3.8) is 0 Å². The zero-order valence-electron chi connectivity index (χ0n) is 15.0. The van der Waals surface area contributed by atoms with Crippen LogP contribution in [0.25, 0.3) is 4.91 Å². The molecule has 2 heterocycles. The van der Waals surface area contributed by atoms with Crippen LogP contribution in [0.4, 0.5) is 5.69 Å². The van der Waals surface area contributed by atoms with Crippen LogP contribution in [-0.2, 0) is 14.8 Å². The number of sulfonamides is 1. The predicted molar refractivity (Wildman–Crippen MR) is 111 cm³/mol. The molecule has 0 aromatic heterocycles. The van der Waals surface area contributed by atoms with Crippen LogP contribution in [0, 0.1) is 0 Å². The van der Waals surface area contributed by atoms with Crippen LogP contribution < -0.4 is 10.0 Å². The average molecular weight is 428 g/mol. The first-order valence-electron chi connectivity index (χ1n) is 8.64. The number of aromatic carboxylic acids is 1. The highest BCUT2D eigenvalue weighted by molar-refractivity contribution is 8.12. The Morgan fingerprint density at radius 1 is 1.07 bits per heavy atom. The van der Waals surface area contributed by atoms with Gasteiger partial charge in [-0.25, -0.2) is 13.2 Å². The van der Waals surface area contributed by atoms with E-state index in [2.05, 4.69) is 0 Å². The van der Waals surface area contributed by atoms with Crippen molar-refractivity contribution in [1.29, 1.82) is 0 Å². The Morgan fingerprint density at radius 2 is 1.76 bits per heavy atom. The highest BCUT2D eigenvalue weighted by atomic mass is 32.2. The van der Waals surface area contributed by atoms with Crippen LogP contribution >= 0.6 is 11.8 Å². The van der Waals surface area contributed by atoms with Crippen LogP contribution in [0.3, 0.4) is 0 Å². The molecule has 0 bridgehead atoms. The Bertz CT molecular complexity index is 1200. The molecule has 0 unspecified atom stereocenters. The van der Waals surface area contributed by atoms with Crippen LogP contribution in [-0.4, -0.2) is 31.9 Å². The first-order valence-corrected chi connectivity index (χ1v) is 10.9. The van der Waals surface area contributed by atoms with E-state index in [9.17, 15) is 18.0 Å². The molecule has 9 heteroatoms. The van der Waals surface area contributed by atoms with Crippen molar-refractivity contribution in [2.45, 2.75) is 11.3 Å². The molecular formula is C20H16N2O5S2. The summed E-state index contributed by atoms with van der Waals surface area (Å²) in [5, 5.41) is 9.04. The van der Waals surface area contributed by atoms with E-state index in [1.165, 1.54) is 40.3 Å². The number of hydrogen-bond acceptors (Lipinski definition) is 5. The lowest BCUT2D eigenvalue weighted by molar-refractivity contribution is -0.113. The van der Waals surface area contributed by atoms with Gasteiger partial charge in [0.05, 0.1) is 27.6 Å². The number of carboxylic acids is 1. The van der Waals surface area contributed by atoms with E-state index < -0.39 is 21.9 Å². The van der Waals surface area contributed by atoms with Gasteiger partial charge in [0.1, 0.15) is 0 Å². The maximum atomic E-state index is 13.3. The number of nitrogens with two attached hydrogens (primary N) is 1. The van der Waals surface area contributed by atoms with Gasteiger partial charge in [0.15, 0.2) is 0 Å². The summed E-state index contributed by atoms with van der Waals surface area (Å²) < 4.78 is 28.0. The van der Waals surface area contributed by atoms with Crippen LogP contribution in [0.1, 0.15) is 22.3 Å². The van der Waals surface area contributed by atoms with Crippen LogP contribution in [0.2, 0.25) is 0 Å². The molecular weight excluding hydrogens is 412 g/mol. The first-order chi connectivity index (χ1) is 13.8. The third kappa shape index (κ3) is 3.32. The summed E-state index contributed by atoms with van der Waals surface area (Å²) in [6, 6.07) is 12.2. The van der Waals surface area contributed by atoms with Crippen molar-refractivity contribution >= 4 is 44.3 Å². The van der Waals surface area contributed by atoms with Crippen molar-refractivity contribution in [3.8, 4) is 0 Å². The standard InChI is InChI=1S/C20H16N2O5S2/c21-19(23)17-10-7-13-11-22(16-4-2-1-3-15(16)18(13)28-17)29(26,27)14-8-5-12(6-9-14)20(24)25/h1-6,8-10H,7,11H2,(H2,21,23)(H,24,25). The summed E-state index contributed by atoms with van der Waals surface area (Å²) in [4.78, 5) is 23.9. The lowest BCUT2D eigenvalue weighted by Crippen LogP contribution is -2.36. The first kappa shape index (κ1) is 19.3. The number of rotatable bonds is 4. The number of thioether (sulfide) groups is 1. The maximum absolute atomic E-state index is 13.3. The lowest BCUT2D eigenvalue weighted by atomic mass is 10.0. The molecule has 0 fully saturated rings. The SMILES string of the molecule is NC(=O)C1=CCC2=C(S1)c1ccccc1N(S(=O)(=O)c1ccc(C(=O)O)cc1)C2. The Balaban J connectivity index is 1.77. The molecule has 0 spiro atoms. The molecule has 0 atom stereocenters. The molecule has 29 heavy (non-hydrogen) atoms. The van der Waals surface area contributed by atoms with Gasteiger partial charge in [0, 0.05) is 10.5 Å². The number of amides is 1. The van der Waals surface area contributed by atoms with Crippen molar-refractivity contribution in [3.05, 3.63) is 76.2 Å². The van der Waals surface area contributed by atoms with E-state index in [1.54, 1.807) is 18.2 Å². The number of para-hydroxylation sites is 1. The van der Waals surface area contributed by atoms with Gasteiger partial charge in [-0.15, -0.1) is 0 Å². The van der Waals surface area contributed by atoms with Crippen molar-refractivity contribution in [2.24, 2.45) is 5.73 Å². The number of carboxylic acid groups (broad SMARTS) is 1. The Labute approximate surface area is 171 Å². The molecule has 3 N–H and O–H groups in total. The summed E-state index contributed by atoms with van der Waals surface area (Å²) in [7, 11) is -3.91. The topological polar surface area (TPSA) is 118 Å². The third-order valence-electron chi connectivity index (χ3n) is 4.75. The monoisotopic (exact) mass is 428 g/mol. The molecule has 4 rings (SSSR count). The Kier molecular flexibility index (Phi) is 4.71. The van der Waals surface area contributed by atoms with E-state index in [0.29, 0.717) is 17.0 Å². The van der Waals surface area contributed by atoms with Gasteiger partial charge in [-0.05, 0) is 42.3 Å². The fourth-order valence-electron chi connectivity index (χ4n) is 3.32. The number of nitrogens with zero attached hydrogens (tertiary/aromatic N) is 1. The summed E-state index contributed by atoms with van der Waals surface area (Å²) >= 11 is 1.26. The van der Waals surface area contributed by atoms with E-state index in [-0.39, 0.29) is 17.0 Å². The summed E-state index contributed by atoms with van der Waals surface area (Å²) in [6.45, 7) is 0.144. The van der Waals surface area contributed by atoms with E-state index in [1.807, 2.05) is 12.1 Å². The zero-order valence-corrected chi connectivity index (χ0v) is 16.7. The second-order valence-corrected chi connectivity index (χ2v) is 9.44. The minimum Gasteiger partial charge on any atom is -0.478 e. The van der Waals surface area contributed by atoms with Gasteiger partial charge in [-0.3, -0.25) is 9.10 Å². The molecule has 2 aliphatic heterocycles. The molecule has 0 saturated carbocycles. The minimum absolute atomic E-state index is 0.0122. The van der Waals surface area contributed by atoms with Crippen LogP contribution in [0.5, 0.6) is 0 Å². The largest absolute Gasteiger partial charge is 0.478 e. The van der Waals surface area contributed by atoms with Crippen molar-refractivity contribution in [1.82, 2.24) is 0 Å². The fourth-order valence-corrected chi connectivity index (χ4v) is 5.86. The Morgan fingerprint density at radius 3 is 2.41 bits per heavy atom. The number of benzene rings is 2. The van der Waals surface area contributed by atoms with Gasteiger partial charge in [0.2, 0.25) is 0 Å². The molecule has 2 aliphatic rings. The number of fused-ring (bicyclic) bond motifs is 2. The van der Waals surface area contributed by atoms with Crippen molar-refractivity contribution in [2.75, 3.05) is 10.8 Å². The number of carbonyl (C=O) groups is 2. The molecule has 148 valence electrons. The number of anilines is 1. The summed E-state index contributed by atoms with van der Waals surface area (Å²) in [5.41, 5.74) is 7.54. The molecule has 1 amide bonds. The van der Waals surface area contributed by atoms with E-state index in [0.717, 1.165) is 16.0 Å². The normalized spacial score (nSPS) is 16.0. The molecule has 2 aromatic carbocycles. The molecule has 0 saturated heterocycles. The summed E-state index contributed by atoms with van der Waals surface area (Å²) in [6.07, 6.45) is 2.14. The number of primary amides is 1. The molecule has 2 aromatic rings. The van der Waals surface area contributed by atoms with Gasteiger partial charge >= 0.3 is 5.97 Å². The summed E-state index contributed by atoms with van der Waals surface area (Å²) in [5.74, 6) is -1.63. The highest BCUT2D eigenvalue weighted by Gasteiger charge is 2.34. The van der Waals surface area contributed by atoms with Gasteiger partial charge < -0.3 is 10.8 Å². The molecule has 7 nitrogen and oxygen atoms in total. The smallest absolute Gasteiger partial charge is 0.335 e. The third-order valence-corrected chi connectivity index (χ3v) is 7.83. The second-order valence-electron chi connectivity index (χ2n) is 6.53. The van der Waals surface area contributed by atoms with Gasteiger partial charge in [0.25, 0.3) is 15.9 Å². The molecule has 0 radical (unpaired) electrons. The average Bonchev–Trinajstić information content (AvgIpc) is 2.72. The van der Waals surface area contributed by atoms with E-state index in [4.69, 9.17) is 10.8 Å². The van der Waals surface area contributed by atoms with Gasteiger partial charge in [-0.1, -0.05) is 36.0 Å². The number of carbonyl (C=O) groups excluding carboxylic acids is 1. The Hall–Kier alpha value is -3.04. The van der Waals surface area contributed by atoms with E-state index >= 15 is 0 Å². The number of hydrogen-bond donors (Lipinski definition) is 2.